The predicted molar refractivity (Wildman–Crippen MR) is 43.3 cm³/mol. The Balaban J connectivity index is 2.03. The number of hydrogen-bond donors (Lipinski definition) is 1. The molecule has 5 atom stereocenters. The van der Waals surface area contributed by atoms with Crippen LogP contribution < -0.4 is 0 Å². The molecule has 1 N–H and O–H groups in total. The van der Waals surface area contributed by atoms with E-state index in [9.17, 15) is 9.90 Å². The number of aliphatic hydroxyl groups is 1. The summed E-state index contributed by atoms with van der Waals surface area (Å²) in [6.45, 7) is 3.93. The van der Waals surface area contributed by atoms with Gasteiger partial charge >= 0.3 is 0 Å². The summed E-state index contributed by atoms with van der Waals surface area (Å²) in [5, 5.41) is 9.64. The van der Waals surface area contributed by atoms with Crippen molar-refractivity contribution in [1.82, 2.24) is 0 Å². The van der Waals surface area contributed by atoms with Crippen LogP contribution in [0.5, 0.6) is 0 Å². The van der Waals surface area contributed by atoms with Crippen molar-refractivity contribution in [3.8, 4) is 0 Å². The van der Waals surface area contributed by atoms with Gasteiger partial charge in [-0.2, -0.15) is 0 Å². The molecule has 0 aromatic rings. The lowest BCUT2D eigenvalue weighted by atomic mass is 9.64. The van der Waals surface area contributed by atoms with Crippen molar-refractivity contribution >= 4 is 5.78 Å². The Morgan fingerprint density at radius 2 is 2.25 bits per heavy atom. The van der Waals surface area contributed by atoms with E-state index in [2.05, 4.69) is 6.58 Å². The molecule has 3 saturated carbocycles. The Hall–Kier alpha value is -0.630. The fourth-order valence-corrected chi connectivity index (χ4v) is 3.44. The van der Waals surface area contributed by atoms with Crippen LogP contribution in [0, 0.1) is 23.7 Å². The van der Waals surface area contributed by atoms with Gasteiger partial charge in [0.25, 0.3) is 0 Å². The van der Waals surface area contributed by atoms with Gasteiger partial charge in [0.05, 0.1) is 6.10 Å². The highest BCUT2D eigenvalue weighted by Gasteiger charge is 2.62. The van der Waals surface area contributed by atoms with Crippen LogP contribution in [0.25, 0.3) is 0 Å². The predicted octanol–water partition coefficient (Wildman–Crippen LogP) is 0.758. The second-order valence-electron chi connectivity index (χ2n) is 4.37. The summed E-state index contributed by atoms with van der Waals surface area (Å²) in [6, 6.07) is 0. The van der Waals surface area contributed by atoms with Crippen molar-refractivity contribution in [3.05, 3.63) is 12.2 Å². The molecule has 0 aliphatic heterocycles. The van der Waals surface area contributed by atoms with E-state index in [-0.39, 0.29) is 17.9 Å². The van der Waals surface area contributed by atoms with E-state index in [1.54, 1.807) is 0 Å². The molecule has 0 aromatic carbocycles. The fourth-order valence-electron chi connectivity index (χ4n) is 3.44. The van der Waals surface area contributed by atoms with Gasteiger partial charge in [-0.3, -0.25) is 4.79 Å². The van der Waals surface area contributed by atoms with Crippen molar-refractivity contribution in [2.45, 2.75) is 18.9 Å². The highest BCUT2D eigenvalue weighted by molar-refractivity contribution is 5.89. The van der Waals surface area contributed by atoms with Crippen molar-refractivity contribution in [3.63, 3.8) is 0 Å². The molecule has 3 aliphatic carbocycles. The monoisotopic (exact) mass is 164 g/mol. The molecule has 64 valence electrons. The van der Waals surface area contributed by atoms with E-state index in [1.165, 1.54) is 0 Å². The lowest BCUT2D eigenvalue weighted by Crippen LogP contribution is -2.36. The van der Waals surface area contributed by atoms with Crippen LogP contribution in [-0.2, 0) is 4.79 Å². The molecule has 0 heterocycles. The lowest BCUT2D eigenvalue weighted by molar-refractivity contribution is -0.122. The Labute approximate surface area is 71.3 Å². The van der Waals surface area contributed by atoms with Crippen LogP contribution in [0.15, 0.2) is 12.2 Å². The van der Waals surface area contributed by atoms with E-state index in [0.717, 1.165) is 12.0 Å². The van der Waals surface area contributed by atoms with Gasteiger partial charge in [0, 0.05) is 12.3 Å². The highest BCUT2D eigenvalue weighted by atomic mass is 16.3. The maximum absolute atomic E-state index is 11.4. The average molecular weight is 164 g/mol. The SMILES string of the molecule is C=C1C2CC(O)C3CC(=O)C1C23. The van der Waals surface area contributed by atoms with Crippen LogP contribution in [0.4, 0.5) is 0 Å². The Kier molecular flexibility index (Phi) is 1.04. The summed E-state index contributed by atoms with van der Waals surface area (Å²) in [6.07, 6.45) is 1.23. The number of allylic oxidation sites excluding steroid dienone is 1. The van der Waals surface area contributed by atoms with Crippen molar-refractivity contribution in [1.29, 1.82) is 0 Å². The average Bonchev–Trinajstić information content (AvgIpc) is 2.45. The van der Waals surface area contributed by atoms with E-state index in [4.69, 9.17) is 0 Å². The zero-order chi connectivity index (χ0) is 8.46. The Morgan fingerprint density at radius 1 is 1.50 bits per heavy atom. The molecular formula is C10H12O2. The van der Waals surface area contributed by atoms with Crippen molar-refractivity contribution < 1.29 is 9.90 Å². The fraction of sp³-hybridized carbons (Fsp3) is 0.700. The first-order valence-corrected chi connectivity index (χ1v) is 4.59. The molecule has 0 saturated heterocycles. The third-order valence-electron chi connectivity index (χ3n) is 3.99. The quantitative estimate of drug-likeness (QED) is 0.537. The number of rotatable bonds is 0. The largest absolute Gasteiger partial charge is 0.393 e. The zero-order valence-corrected chi connectivity index (χ0v) is 6.86. The molecule has 0 radical (unpaired) electrons. The number of Topliss-reactive ketones (excluding diaryl/α,β-unsaturated/α-hetero) is 1. The molecule has 12 heavy (non-hydrogen) atoms. The topological polar surface area (TPSA) is 37.3 Å². The van der Waals surface area contributed by atoms with Crippen molar-refractivity contribution in [2.24, 2.45) is 23.7 Å². The molecule has 2 nitrogen and oxygen atoms in total. The molecule has 0 spiro atoms. The van der Waals surface area contributed by atoms with Crippen molar-refractivity contribution in [2.75, 3.05) is 0 Å². The first-order chi connectivity index (χ1) is 5.70. The molecule has 2 heteroatoms. The molecule has 5 unspecified atom stereocenters. The number of aliphatic hydroxyl groups excluding tert-OH is 1. The van der Waals surface area contributed by atoms with Gasteiger partial charge in [-0.25, -0.2) is 0 Å². The zero-order valence-electron chi connectivity index (χ0n) is 6.86. The molecule has 0 aromatic heterocycles. The van der Waals surface area contributed by atoms with Gasteiger partial charge in [-0.15, -0.1) is 0 Å². The summed E-state index contributed by atoms with van der Waals surface area (Å²) in [4.78, 5) is 11.4. The smallest absolute Gasteiger partial charge is 0.140 e. The second-order valence-corrected chi connectivity index (χ2v) is 4.37. The minimum atomic E-state index is -0.229. The van der Waals surface area contributed by atoms with E-state index < -0.39 is 0 Å². The van der Waals surface area contributed by atoms with Crippen LogP contribution in [0.2, 0.25) is 0 Å². The van der Waals surface area contributed by atoms with E-state index >= 15 is 0 Å². The summed E-state index contributed by atoms with van der Waals surface area (Å²) in [5.41, 5.74) is 1.10. The Bertz CT molecular complexity index is 282. The normalized spacial score (nSPS) is 55.6. The minimum absolute atomic E-state index is 0.136. The molecule has 3 aliphatic rings. The number of carbonyl (C=O) groups is 1. The molecule has 3 fully saturated rings. The molecule has 0 bridgehead atoms. The lowest BCUT2D eigenvalue weighted by Gasteiger charge is -2.39. The van der Waals surface area contributed by atoms with Gasteiger partial charge in [-0.1, -0.05) is 12.2 Å². The summed E-state index contributed by atoms with van der Waals surface area (Å²) < 4.78 is 0. The molecule has 0 amide bonds. The van der Waals surface area contributed by atoms with Crippen LogP contribution in [-0.4, -0.2) is 17.0 Å². The van der Waals surface area contributed by atoms with Crippen LogP contribution >= 0.6 is 0 Å². The summed E-state index contributed by atoms with van der Waals surface area (Å²) in [7, 11) is 0. The highest BCUT2D eigenvalue weighted by Crippen LogP contribution is 2.62. The first kappa shape index (κ1) is 6.84. The number of ketones is 1. The molecule has 3 rings (SSSR count). The maximum Gasteiger partial charge on any atom is 0.140 e. The van der Waals surface area contributed by atoms with Crippen LogP contribution in [0.3, 0.4) is 0 Å². The van der Waals surface area contributed by atoms with E-state index in [0.29, 0.717) is 24.0 Å². The number of carbonyl (C=O) groups excluding carboxylic acids is 1. The first-order valence-electron chi connectivity index (χ1n) is 4.59. The minimum Gasteiger partial charge on any atom is -0.393 e. The van der Waals surface area contributed by atoms with Crippen LogP contribution in [0.1, 0.15) is 12.8 Å². The Morgan fingerprint density at radius 3 is 3.00 bits per heavy atom. The van der Waals surface area contributed by atoms with E-state index in [1.807, 2.05) is 0 Å². The summed E-state index contributed by atoms with van der Waals surface area (Å²) in [5.74, 6) is 1.68. The third-order valence-corrected chi connectivity index (χ3v) is 3.99. The number of hydrogen-bond acceptors (Lipinski definition) is 2. The van der Waals surface area contributed by atoms with Gasteiger partial charge in [0.15, 0.2) is 0 Å². The standard InChI is InChI=1S/C10H12O2/c1-4-5-2-7(11)6-3-8(12)9(4)10(5)6/h5-7,9-11H,1-3H2. The van der Waals surface area contributed by atoms with Gasteiger partial charge < -0.3 is 5.11 Å². The van der Waals surface area contributed by atoms with Gasteiger partial charge in [0.1, 0.15) is 5.78 Å². The summed E-state index contributed by atoms with van der Waals surface area (Å²) >= 11 is 0. The van der Waals surface area contributed by atoms with Gasteiger partial charge in [-0.05, 0) is 24.2 Å². The second kappa shape index (κ2) is 1.82. The van der Waals surface area contributed by atoms with Gasteiger partial charge in [0.2, 0.25) is 0 Å². The maximum atomic E-state index is 11.4. The third kappa shape index (κ3) is 0.525. The molecular weight excluding hydrogens is 152 g/mol.